The van der Waals surface area contributed by atoms with Crippen LogP contribution in [0.25, 0.3) is 10.8 Å². The zero-order valence-electron chi connectivity index (χ0n) is 9.80. The van der Waals surface area contributed by atoms with E-state index < -0.39 is 0 Å². The second-order valence-corrected chi connectivity index (χ2v) is 4.03. The van der Waals surface area contributed by atoms with Gasteiger partial charge in [-0.15, -0.1) is 0 Å². The number of aromatic nitrogens is 1. The summed E-state index contributed by atoms with van der Waals surface area (Å²) in [5.41, 5.74) is 0. The van der Waals surface area contributed by atoms with E-state index in [2.05, 4.69) is 4.98 Å². The van der Waals surface area contributed by atoms with Crippen LogP contribution in [-0.2, 0) is 4.74 Å². The van der Waals surface area contributed by atoms with E-state index in [9.17, 15) is 0 Å². The predicted octanol–water partition coefficient (Wildman–Crippen LogP) is 2.28. The van der Waals surface area contributed by atoms with Crippen LogP contribution < -0.4 is 4.74 Å². The predicted molar refractivity (Wildman–Crippen MR) is 70.2 cm³/mol. The summed E-state index contributed by atoms with van der Waals surface area (Å²) in [5.74, 6) is 0.727. The highest BCUT2D eigenvalue weighted by atomic mass is 35.5. The Morgan fingerprint density at radius 1 is 1.17 bits per heavy atom. The number of aliphatic hydroxyl groups is 1. The summed E-state index contributed by atoms with van der Waals surface area (Å²) in [5, 5.41) is 10.9. The van der Waals surface area contributed by atoms with Crippen LogP contribution in [0.2, 0.25) is 5.15 Å². The summed E-state index contributed by atoms with van der Waals surface area (Å²) in [4.78, 5) is 4.03. The summed E-state index contributed by atoms with van der Waals surface area (Å²) in [6, 6.07) is 7.57. The molecule has 0 radical (unpaired) electrons. The van der Waals surface area contributed by atoms with Crippen molar-refractivity contribution in [3.8, 4) is 5.75 Å². The van der Waals surface area contributed by atoms with Gasteiger partial charge in [0.05, 0.1) is 19.8 Å². The number of ether oxygens (including phenoxy) is 2. The zero-order chi connectivity index (χ0) is 12.8. The lowest BCUT2D eigenvalue weighted by Crippen LogP contribution is -2.09. The Morgan fingerprint density at radius 3 is 2.89 bits per heavy atom. The Labute approximate surface area is 110 Å². The maximum atomic E-state index is 8.54. The number of aliphatic hydroxyl groups excluding tert-OH is 1. The molecule has 0 aliphatic heterocycles. The molecule has 0 aliphatic rings. The molecule has 0 amide bonds. The van der Waals surface area contributed by atoms with Gasteiger partial charge in [-0.25, -0.2) is 4.98 Å². The molecule has 0 atom stereocenters. The topological polar surface area (TPSA) is 51.6 Å². The van der Waals surface area contributed by atoms with Gasteiger partial charge in [0.2, 0.25) is 0 Å². The van der Waals surface area contributed by atoms with E-state index in [4.69, 9.17) is 26.2 Å². The van der Waals surface area contributed by atoms with Crippen LogP contribution >= 0.6 is 11.6 Å². The Bertz CT molecular complexity index is 519. The van der Waals surface area contributed by atoms with Crippen LogP contribution in [0.4, 0.5) is 0 Å². The summed E-state index contributed by atoms with van der Waals surface area (Å²) < 4.78 is 10.6. The van der Waals surface area contributed by atoms with Crippen molar-refractivity contribution in [2.45, 2.75) is 0 Å². The number of halogens is 1. The molecule has 0 saturated heterocycles. The standard InChI is InChI=1S/C13H14ClNO3/c14-13-12-9-11(18-8-7-17-6-5-16)2-1-10(12)3-4-15-13/h1-4,9,16H,5-8H2. The average Bonchev–Trinajstić information content (AvgIpc) is 2.39. The van der Waals surface area contributed by atoms with Crippen molar-refractivity contribution in [3.05, 3.63) is 35.6 Å². The number of pyridine rings is 1. The molecule has 2 rings (SSSR count). The summed E-state index contributed by atoms with van der Waals surface area (Å²) in [6.07, 6.45) is 1.67. The van der Waals surface area contributed by atoms with E-state index in [0.29, 0.717) is 25.0 Å². The largest absolute Gasteiger partial charge is 0.491 e. The van der Waals surface area contributed by atoms with Gasteiger partial charge in [-0.3, -0.25) is 0 Å². The average molecular weight is 268 g/mol. The minimum atomic E-state index is 0.0251. The van der Waals surface area contributed by atoms with Crippen LogP contribution in [0.15, 0.2) is 30.5 Å². The molecular weight excluding hydrogens is 254 g/mol. The lowest BCUT2D eigenvalue weighted by atomic mass is 10.2. The second-order valence-electron chi connectivity index (χ2n) is 3.67. The van der Waals surface area contributed by atoms with Gasteiger partial charge in [0.25, 0.3) is 0 Å². The Morgan fingerprint density at radius 2 is 2.06 bits per heavy atom. The van der Waals surface area contributed by atoms with Crippen molar-refractivity contribution in [2.75, 3.05) is 26.4 Å². The fourth-order valence-corrected chi connectivity index (χ4v) is 1.81. The monoisotopic (exact) mass is 267 g/mol. The number of fused-ring (bicyclic) bond motifs is 1. The third-order valence-electron chi connectivity index (χ3n) is 2.42. The molecule has 1 heterocycles. The first kappa shape index (κ1) is 13.1. The van der Waals surface area contributed by atoms with Crippen LogP contribution in [-0.4, -0.2) is 36.5 Å². The summed E-state index contributed by atoms with van der Waals surface area (Å²) >= 11 is 6.01. The van der Waals surface area contributed by atoms with Gasteiger partial charge < -0.3 is 14.6 Å². The first-order chi connectivity index (χ1) is 8.81. The fourth-order valence-electron chi connectivity index (χ4n) is 1.59. The molecule has 96 valence electrons. The van der Waals surface area contributed by atoms with Crippen molar-refractivity contribution in [1.29, 1.82) is 0 Å². The maximum Gasteiger partial charge on any atom is 0.136 e. The molecular formula is C13H14ClNO3. The molecule has 1 aromatic heterocycles. The molecule has 2 aromatic rings. The van der Waals surface area contributed by atoms with E-state index >= 15 is 0 Å². The minimum Gasteiger partial charge on any atom is -0.491 e. The Kier molecular flexibility index (Phi) is 4.75. The van der Waals surface area contributed by atoms with Gasteiger partial charge in [0.1, 0.15) is 17.5 Å². The molecule has 0 spiro atoms. The molecule has 0 saturated carbocycles. The van der Waals surface area contributed by atoms with Crippen LogP contribution in [0, 0.1) is 0 Å². The smallest absolute Gasteiger partial charge is 0.136 e. The van der Waals surface area contributed by atoms with Crippen LogP contribution in [0.1, 0.15) is 0 Å². The van der Waals surface area contributed by atoms with Gasteiger partial charge in [-0.1, -0.05) is 17.7 Å². The van der Waals surface area contributed by atoms with E-state index in [1.807, 2.05) is 24.3 Å². The van der Waals surface area contributed by atoms with Gasteiger partial charge in [-0.2, -0.15) is 0 Å². The molecule has 0 fully saturated rings. The van der Waals surface area contributed by atoms with Crippen molar-refractivity contribution in [1.82, 2.24) is 4.98 Å². The zero-order valence-corrected chi connectivity index (χ0v) is 10.6. The second kappa shape index (κ2) is 6.54. The van der Waals surface area contributed by atoms with Gasteiger partial charge in [-0.05, 0) is 23.6 Å². The SMILES string of the molecule is OCCOCCOc1ccc2ccnc(Cl)c2c1. The number of nitrogens with zero attached hydrogens (tertiary/aromatic N) is 1. The lowest BCUT2D eigenvalue weighted by molar-refractivity contribution is 0.0705. The Balaban J connectivity index is 1.99. The molecule has 0 bridgehead atoms. The highest BCUT2D eigenvalue weighted by Gasteiger charge is 2.02. The molecule has 18 heavy (non-hydrogen) atoms. The van der Waals surface area contributed by atoms with Crippen molar-refractivity contribution in [3.63, 3.8) is 0 Å². The molecule has 0 aliphatic carbocycles. The molecule has 5 heteroatoms. The number of benzene rings is 1. The van der Waals surface area contributed by atoms with E-state index in [0.717, 1.165) is 16.5 Å². The fraction of sp³-hybridized carbons (Fsp3) is 0.308. The van der Waals surface area contributed by atoms with Gasteiger partial charge >= 0.3 is 0 Å². The van der Waals surface area contributed by atoms with Crippen molar-refractivity contribution in [2.24, 2.45) is 0 Å². The maximum absolute atomic E-state index is 8.54. The normalized spacial score (nSPS) is 10.8. The first-order valence-corrected chi connectivity index (χ1v) is 6.05. The summed E-state index contributed by atoms with van der Waals surface area (Å²) in [7, 11) is 0. The minimum absolute atomic E-state index is 0.0251. The van der Waals surface area contributed by atoms with Crippen LogP contribution in [0.5, 0.6) is 5.75 Å². The molecule has 0 unspecified atom stereocenters. The van der Waals surface area contributed by atoms with Gasteiger partial charge in [0, 0.05) is 11.6 Å². The number of rotatable bonds is 6. The third-order valence-corrected chi connectivity index (χ3v) is 2.72. The van der Waals surface area contributed by atoms with E-state index in [1.165, 1.54) is 0 Å². The van der Waals surface area contributed by atoms with E-state index in [1.54, 1.807) is 6.20 Å². The lowest BCUT2D eigenvalue weighted by Gasteiger charge is -2.08. The van der Waals surface area contributed by atoms with E-state index in [-0.39, 0.29) is 6.61 Å². The first-order valence-electron chi connectivity index (χ1n) is 5.67. The summed E-state index contributed by atoms with van der Waals surface area (Å²) in [6.45, 7) is 1.23. The highest BCUT2D eigenvalue weighted by molar-refractivity contribution is 6.34. The van der Waals surface area contributed by atoms with Crippen LogP contribution in [0.3, 0.4) is 0 Å². The Hall–Kier alpha value is -1.36. The molecule has 1 aromatic carbocycles. The molecule has 4 nitrogen and oxygen atoms in total. The number of hydrogen-bond donors (Lipinski definition) is 1. The van der Waals surface area contributed by atoms with Crippen molar-refractivity contribution >= 4 is 22.4 Å². The molecule has 1 N–H and O–H groups in total. The van der Waals surface area contributed by atoms with Gasteiger partial charge in [0.15, 0.2) is 0 Å². The number of hydrogen-bond acceptors (Lipinski definition) is 4. The third kappa shape index (κ3) is 3.32. The highest BCUT2D eigenvalue weighted by Crippen LogP contribution is 2.25. The van der Waals surface area contributed by atoms with Crippen molar-refractivity contribution < 1.29 is 14.6 Å². The quantitative estimate of drug-likeness (QED) is 0.644.